The van der Waals surface area contributed by atoms with Crippen LogP contribution in [0.1, 0.15) is 35.0 Å². The van der Waals surface area contributed by atoms with Gasteiger partial charge in [-0.1, -0.05) is 49.0 Å². The first kappa shape index (κ1) is 20.4. The number of nitrogens with zero attached hydrogens (tertiary/aromatic N) is 1. The van der Waals surface area contributed by atoms with Gasteiger partial charge in [0.05, 0.1) is 4.91 Å². The van der Waals surface area contributed by atoms with Crippen LogP contribution >= 0.6 is 11.8 Å². The Kier molecular flexibility index (Phi) is 5.73. The van der Waals surface area contributed by atoms with Crippen LogP contribution in [0.25, 0.3) is 11.8 Å². The number of hydrogen-bond acceptors (Lipinski definition) is 3. The van der Waals surface area contributed by atoms with Crippen molar-refractivity contribution in [1.29, 1.82) is 0 Å². The largest absolute Gasteiger partial charge is 0.357 e. The van der Waals surface area contributed by atoms with Crippen LogP contribution in [0.4, 0.5) is 5.69 Å². The van der Waals surface area contributed by atoms with Crippen molar-refractivity contribution in [3.05, 3.63) is 87.6 Å². The summed E-state index contributed by atoms with van der Waals surface area (Å²) in [5.74, 6) is -0.0385. The van der Waals surface area contributed by atoms with Gasteiger partial charge in [-0.05, 0) is 74.2 Å². The van der Waals surface area contributed by atoms with Gasteiger partial charge in [-0.2, -0.15) is 0 Å². The first-order valence-electron chi connectivity index (χ1n) is 10.3. The van der Waals surface area contributed by atoms with Crippen molar-refractivity contribution in [3.8, 4) is 5.69 Å². The van der Waals surface area contributed by atoms with E-state index in [1.807, 2.05) is 6.08 Å². The number of nitrogens with one attached hydrogen (secondary N) is 2. The molecule has 4 rings (SSSR count). The van der Waals surface area contributed by atoms with Crippen molar-refractivity contribution >= 4 is 29.4 Å². The van der Waals surface area contributed by atoms with E-state index in [0.29, 0.717) is 0 Å². The second-order valence-corrected chi connectivity index (χ2v) is 8.77. The summed E-state index contributed by atoms with van der Waals surface area (Å²) in [6.07, 6.45) is 3.02. The van der Waals surface area contributed by atoms with Crippen molar-refractivity contribution in [2.45, 2.75) is 39.6 Å². The maximum Gasteiger partial charge on any atom is 0.260 e. The number of anilines is 1. The summed E-state index contributed by atoms with van der Waals surface area (Å²) in [7, 11) is 0. The van der Waals surface area contributed by atoms with Crippen molar-refractivity contribution in [2.75, 3.05) is 5.32 Å². The van der Waals surface area contributed by atoms with Crippen molar-refractivity contribution in [2.24, 2.45) is 0 Å². The number of benzene rings is 2. The first-order valence-corrected chi connectivity index (χ1v) is 11.1. The Hall–Kier alpha value is -2.92. The monoisotopic (exact) mass is 417 g/mol. The molecule has 0 aliphatic carbocycles. The lowest BCUT2D eigenvalue weighted by atomic mass is 10.1. The Morgan fingerprint density at radius 3 is 2.53 bits per heavy atom. The molecule has 3 aromatic rings. The zero-order chi connectivity index (χ0) is 21.3. The molecule has 0 bridgehead atoms. The minimum absolute atomic E-state index is 0.0385. The van der Waals surface area contributed by atoms with Gasteiger partial charge in [0, 0.05) is 22.8 Å². The Morgan fingerprint density at radius 2 is 1.83 bits per heavy atom. The molecule has 0 unspecified atom stereocenters. The highest BCUT2D eigenvalue weighted by molar-refractivity contribution is 8.05. The fraction of sp³-hybridized carbons (Fsp3) is 0.240. The number of para-hydroxylation sites is 1. The standard InChI is InChI=1S/C25H27N3OS/c1-5-19-10-12-21(13-11-19)26-25-27-24(29)23(30-25)15-20-14-17(3)28(18(20)4)22-9-7-6-8-16(22)2/h6-15,25-26H,5H2,1-4H3,(H,27,29)/b23-15-/t25-/m1/s1. The maximum atomic E-state index is 12.6. The minimum Gasteiger partial charge on any atom is -0.357 e. The van der Waals surface area contributed by atoms with E-state index in [-0.39, 0.29) is 11.4 Å². The van der Waals surface area contributed by atoms with Crippen LogP contribution in [0.2, 0.25) is 0 Å². The van der Waals surface area contributed by atoms with Crippen LogP contribution in [0.3, 0.4) is 0 Å². The summed E-state index contributed by atoms with van der Waals surface area (Å²) in [6.45, 7) is 8.47. The number of aryl methyl sites for hydroxylation is 3. The Labute approximate surface area is 182 Å². The summed E-state index contributed by atoms with van der Waals surface area (Å²) in [6, 6.07) is 18.9. The highest BCUT2D eigenvalue weighted by Crippen LogP contribution is 2.32. The molecule has 30 heavy (non-hydrogen) atoms. The normalized spacial score (nSPS) is 17.4. The molecule has 154 valence electrons. The number of hydrogen-bond donors (Lipinski definition) is 2. The molecule has 1 aliphatic heterocycles. The Morgan fingerprint density at radius 1 is 1.10 bits per heavy atom. The lowest BCUT2D eigenvalue weighted by Gasteiger charge is -2.13. The zero-order valence-corrected chi connectivity index (χ0v) is 18.6. The fourth-order valence-corrected chi connectivity index (χ4v) is 4.79. The predicted octanol–water partition coefficient (Wildman–Crippen LogP) is 5.56. The Balaban J connectivity index is 1.56. The third kappa shape index (κ3) is 4.03. The van der Waals surface area contributed by atoms with Gasteiger partial charge in [0.1, 0.15) is 0 Å². The molecule has 2 N–H and O–H groups in total. The zero-order valence-electron chi connectivity index (χ0n) is 17.8. The quantitative estimate of drug-likeness (QED) is 0.534. The fourth-order valence-electron chi connectivity index (χ4n) is 3.81. The third-order valence-electron chi connectivity index (χ3n) is 5.50. The van der Waals surface area contributed by atoms with E-state index in [0.717, 1.165) is 34.0 Å². The smallest absolute Gasteiger partial charge is 0.260 e. The molecule has 1 aliphatic rings. The van der Waals surface area contributed by atoms with E-state index in [4.69, 9.17) is 0 Å². The molecule has 1 amide bonds. The van der Waals surface area contributed by atoms with Gasteiger partial charge in [0.2, 0.25) is 0 Å². The van der Waals surface area contributed by atoms with E-state index < -0.39 is 0 Å². The van der Waals surface area contributed by atoms with E-state index in [9.17, 15) is 4.79 Å². The van der Waals surface area contributed by atoms with E-state index in [1.54, 1.807) is 0 Å². The molecule has 1 fully saturated rings. The molecular formula is C25H27N3OS. The van der Waals surface area contributed by atoms with Gasteiger partial charge in [-0.15, -0.1) is 0 Å². The van der Waals surface area contributed by atoms with Gasteiger partial charge >= 0.3 is 0 Å². The van der Waals surface area contributed by atoms with Crippen LogP contribution in [0.5, 0.6) is 0 Å². The number of rotatable bonds is 5. The van der Waals surface area contributed by atoms with Gasteiger partial charge in [-0.25, -0.2) is 0 Å². The van der Waals surface area contributed by atoms with Crippen molar-refractivity contribution in [1.82, 2.24) is 9.88 Å². The molecule has 1 atom stereocenters. The van der Waals surface area contributed by atoms with Crippen LogP contribution in [0.15, 0.2) is 59.5 Å². The molecule has 5 heteroatoms. The summed E-state index contributed by atoms with van der Waals surface area (Å²) >= 11 is 1.52. The van der Waals surface area contributed by atoms with Crippen LogP contribution in [-0.4, -0.2) is 16.0 Å². The third-order valence-corrected chi connectivity index (χ3v) is 6.53. The topological polar surface area (TPSA) is 46.1 Å². The second-order valence-electron chi connectivity index (χ2n) is 7.62. The number of carbonyl (C=O) groups excluding carboxylic acids is 1. The summed E-state index contributed by atoms with van der Waals surface area (Å²) in [5, 5.41) is 6.41. The van der Waals surface area contributed by atoms with E-state index in [1.165, 1.54) is 28.6 Å². The van der Waals surface area contributed by atoms with Crippen molar-refractivity contribution < 1.29 is 4.79 Å². The highest BCUT2D eigenvalue weighted by Gasteiger charge is 2.27. The van der Waals surface area contributed by atoms with Gasteiger partial charge in [0.25, 0.3) is 5.91 Å². The number of amides is 1. The number of thioether (sulfide) groups is 1. The van der Waals surface area contributed by atoms with Gasteiger partial charge in [-0.3, -0.25) is 4.79 Å². The predicted molar refractivity (Wildman–Crippen MR) is 127 cm³/mol. The Bertz CT molecular complexity index is 1110. The molecule has 0 spiro atoms. The molecular weight excluding hydrogens is 390 g/mol. The minimum atomic E-state index is -0.170. The lowest BCUT2D eigenvalue weighted by molar-refractivity contribution is -0.116. The average Bonchev–Trinajstić information content (AvgIpc) is 3.21. The maximum absolute atomic E-state index is 12.6. The van der Waals surface area contributed by atoms with Gasteiger partial charge in [0.15, 0.2) is 5.50 Å². The molecule has 4 nitrogen and oxygen atoms in total. The van der Waals surface area contributed by atoms with Crippen molar-refractivity contribution in [3.63, 3.8) is 0 Å². The summed E-state index contributed by atoms with van der Waals surface area (Å²) in [5.41, 5.74) is 7.90. The summed E-state index contributed by atoms with van der Waals surface area (Å²) < 4.78 is 2.25. The van der Waals surface area contributed by atoms with E-state index >= 15 is 0 Å². The molecule has 2 aromatic carbocycles. The van der Waals surface area contributed by atoms with Crippen LogP contribution in [-0.2, 0) is 11.2 Å². The SMILES string of the molecule is CCc1ccc(N[C@@H]2NC(=O)/C(=C/c3cc(C)n(-c4ccccc4C)c3C)S2)cc1. The number of aromatic nitrogens is 1. The van der Waals surface area contributed by atoms with Crippen LogP contribution < -0.4 is 10.6 Å². The first-order chi connectivity index (χ1) is 14.5. The van der Waals surface area contributed by atoms with Gasteiger partial charge < -0.3 is 15.2 Å². The molecule has 1 aromatic heterocycles. The highest BCUT2D eigenvalue weighted by atomic mass is 32.2. The molecule has 1 saturated heterocycles. The summed E-state index contributed by atoms with van der Waals surface area (Å²) in [4.78, 5) is 13.3. The second kappa shape index (κ2) is 8.44. The van der Waals surface area contributed by atoms with E-state index in [2.05, 4.69) is 97.5 Å². The molecule has 0 saturated carbocycles. The lowest BCUT2D eigenvalue weighted by Crippen LogP contribution is -2.30. The van der Waals surface area contributed by atoms with Crippen LogP contribution in [0, 0.1) is 20.8 Å². The average molecular weight is 418 g/mol. The molecule has 2 heterocycles. The number of carbonyl (C=O) groups is 1. The molecule has 0 radical (unpaired) electrons.